The number of aromatic nitrogens is 7. The molecule has 7 aromatic heterocycles. The van der Waals surface area contributed by atoms with Crippen LogP contribution in [0.1, 0.15) is 113 Å². The number of nitrogens with one attached hydrogen (secondary N) is 4. The minimum atomic E-state index is -1.29. The van der Waals surface area contributed by atoms with Crippen LogP contribution in [0.25, 0.3) is 43.4 Å². The second-order valence-corrected chi connectivity index (χ2v) is 26.1. The summed E-state index contributed by atoms with van der Waals surface area (Å²) in [5.41, 5.74) is 8.12. The van der Waals surface area contributed by atoms with E-state index in [9.17, 15) is 53.7 Å². The highest BCUT2D eigenvalue weighted by molar-refractivity contribution is 7.15. The van der Waals surface area contributed by atoms with E-state index in [1.165, 1.54) is 41.7 Å². The molecular formula is C56H58N14O12S6. The first-order chi connectivity index (χ1) is 42.2. The van der Waals surface area contributed by atoms with Crippen molar-refractivity contribution in [3.05, 3.63) is 111 Å². The predicted molar refractivity (Wildman–Crippen MR) is 331 cm³/mol. The first-order valence-electron chi connectivity index (χ1n) is 27.1. The maximum atomic E-state index is 14.3. The number of hydrogen-bond donors (Lipinski definition) is 8. The van der Waals surface area contributed by atoms with E-state index in [0.29, 0.717) is 63.1 Å². The van der Waals surface area contributed by atoms with E-state index in [2.05, 4.69) is 36.2 Å². The van der Waals surface area contributed by atoms with Crippen LogP contribution in [0.2, 0.25) is 0 Å². The normalized spacial score (nSPS) is 13.6. The molecule has 0 saturated carbocycles. The van der Waals surface area contributed by atoms with Crippen LogP contribution < -0.4 is 31.9 Å². The number of aliphatic hydroxyl groups is 1. The molecule has 1 aromatic carbocycles. The highest BCUT2D eigenvalue weighted by atomic mass is 32.1. The second-order valence-electron chi connectivity index (χ2n) is 20.3. The maximum absolute atomic E-state index is 14.3. The zero-order valence-corrected chi connectivity index (χ0v) is 52.6. The molecule has 88 heavy (non-hydrogen) atoms. The Morgan fingerprint density at radius 2 is 1.47 bits per heavy atom. The van der Waals surface area contributed by atoms with Gasteiger partial charge in [0.05, 0.1) is 59.3 Å². The molecule has 0 bridgehead atoms. The Hall–Kier alpha value is -8.37. The zero-order valence-electron chi connectivity index (χ0n) is 47.7. The second kappa shape index (κ2) is 28.6. The molecule has 0 radical (unpaired) electrons. The molecule has 7 amide bonds. The minimum Gasteiger partial charge on any atom is -0.481 e. The molecule has 1 aliphatic heterocycles. The number of nitrogens with zero attached hydrogens (tertiary/aromatic N) is 9. The number of amides is 7. The molecule has 32 heteroatoms. The summed E-state index contributed by atoms with van der Waals surface area (Å²) in [5.74, 6) is -6.10. The van der Waals surface area contributed by atoms with E-state index in [-0.39, 0.29) is 79.2 Å². The molecule has 26 nitrogen and oxygen atoms in total. The molecule has 0 spiro atoms. The van der Waals surface area contributed by atoms with Crippen molar-refractivity contribution < 1.29 is 58.4 Å². The average Bonchev–Trinajstić information content (AvgIpc) is 3.54. The number of pyridine rings is 1. The molecule has 460 valence electrons. The molecule has 8 aromatic rings. The molecule has 1 saturated heterocycles. The predicted octanol–water partition coefficient (Wildman–Crippen LogP) is 6.98. The van der Waals surface area contributed by atoms with E-state index in [0.717, 1.165) is 55.8 Å². The van der Waals surface area contributed by atoms with Gasteiger partial charge in [0.25, 0.3) is 17.7 Å². The Balaban J connectivity index is 0.992. The number of nitrogens with two attached hydrogens (primary N) is 1. The molecule has 0 aliphatic carbocycles. The number of ether oxygens (including phenoxy) is 1. The number of methoxy groups -OCH3 is 1. The van der Waals surface area contributed by atoms with E-state index in [4.69, 9.17) is 30.4 Å². The fourth-order valence-corrected chi connectivity index (χ4v) is 14.7. The van der Waals surface area contributed by atoms with Gasteiger partial charge in [-0.25, -0.2) is 39.7 Å². The number of benzene rings is 1. The van der Waals surface area contributed by atoms with Gasteiger partial charge in [-0.2, -0.15) is 0 Å². The molecule has 8 heterocycles. The number of thiazole rings is 6. The maximum Gasteiger partial charge on any atom is 0.326 e. The summed E-state index contributed by atoms with van der Waals surface area (Å²) >= 11 is 7.21. The molecule has 1 unspecified atom stereocenters. The Morgan fingerprint density at radius 3 is 2.16 bits per heavy atom. The van der Waals surface area contributed by atoms with Crippen LogP contribution in [-0.4, -0.2) is 143 Å². The number of carboxylic acids is 2. The van der Waals surface area contributed by atoms with Gasteiger partial charge in [0.1, 0.15) is 71.6 Å². The van der Waals surface area contributed by atoms with Crippen molar-refractivity contribution in [1.29, 1.82) is 0 Å². The lowest BCUT2D eigenvalue weighted by Crippen LogP contribution is -2.49. The lowest BCUT2D eigenvalue weighted by molar-refractivity contribution is -0.143. The van der Waals surface area contributed by atoms with Gasteiger partial charge in [-0.05, 0) is 43.4 Å². The number of likely N-dealkylation sites (tertiary alicyclic amines) is 1. The number of carboxylic acid groups (broad SMARTS) is 2. The van der Waals surface area contributed by atoms with Crippen molar-refractivity contribution in [2.45, 2.75) is 71.2 Å². The Morgan fingerprint density at radius 1 is 0.761 bits per heavy atom. The van der Waals surface area contributed by atoms with Gasteiger partial charge in [0.15, 0.2) is 0 Å². The molecule has 9 N–H and O–H groups in total. The lowest BCUT2D eigenvalue weighted by Gasteiger charge is -2.33. The minimum absolute atomic E-state index is 0.0199. The molecule has 9 rings (SSSR count). The van der Waals surface area contributed by atoms with Crippen LogP contribution in [0, 0.1) is 18.8 Å². The lowest BCUT2D eigenvalue weighted by atomic mass is 9.97. The van der Waals surface area contributed by atoms with Gasteiger partial charge in [0, 0.05) is 65.6 Å². The van der Waals surface area contributed by atoms with Gasteiger partial charge in [-0.15, -0.1) is 68.0 Å². The van der Waals surface area contributed by atoms with Crippen LogP contribution >= 0.6 is 68.0 Å². The highest BCUT2D eigenvalue weighted by Gasteiger charge is 2.34. The third kappa shape index (κ3) is 15.3. The molecule has 1 aliphatic rings. The van der Waals surface area contributed by atoms with Crippen molar-refractivity contribution in [3.8, 4) is 43.4 Å². The van der Waals surface area contributed by atoms with E-state index >= 15 is 0 Å². The van der Waals surface area contributed by atoms with Crippen LogP contribution in [0.15, 0.2) is 64.0 Å². The number of carbonyl (C=O) groups excluding carboxylic acids is 6. The summed E-state index contributed by atoms with van der Waals surface area (Å²) in [6, 6.07) is 10.3. The van der Waals surface area contributed by atoms with E-state index < -0.39 is 84.7 Å². The summed E-state index contributed by atoms with van der Waals surface area (Å²) in [6.07, 6.45) is -0.328. The third-order valence-corrected chi connectivity index (χ3v) is 19.4. The van der Waals surface area contributed by atoms with Crippen LogP contribution in [-0.2, 0) is 36.9 Å². The number of hydrogen-bond acceptors (Lipinski definition) is 23. The van der Waals surface area contributed by atoms with Crippen molar-refractivity contribution in [1.82, 2.24) is 61.1 Å². The largest absolute Gasteiger partial charge is 0.481 e. The quantitative estimate of drug-likeness (QED) is 0.0286. The summed E-state index contributed by atoms with van der Waals surface area (Å²) in [5, 5.41) is 50.6. The van der Waals surface area contributed by atoms with Gasteiger partial charge in [-0.1, -0.05) is 44.2 Å². The average molecular weight is 1310 g/mol. The Bertz CT molecular complexity index is 3890. The smallest absolute Gasteiger partial charge is 0.326 e. The van der Waals surface area contributed by atoms with Crippen molar-refractivity contribution in [2.75, 3.05) is 45.2 Å². The highest BCUT2D eigenvalue weighted by Crippen LogP contribution is 2.39. The SMILES string of the molecule is CNC(=O)C[C@H](NC(=O)c1csc(-c2ccc(-c3nc(N(CC(=O)O)C(=O)N4CCC(C(=O)O)CC4)cs3)nc2-c2csc(-c3csc(C[C@@H](O)c4ccccc4)n3)n2)n1)c1nc(C(=O)NC(c2nc(C(=O)NCC(N)=O)c(COC)s2)C(C)C)c(C)s1. The van der Waals surface area contributed by atoms with E-state index in [1.807, 2.05) is 49.6 Å². The fourth-order valence-electron chi connectivity index (χ4n) is 9.17. The first-order valence-corrected chi connectivity index (χ1v) is 32.3. The number of anilines is 1. The molecule has 3 atom stereocenters. The Labute approximate surface area is 526 Å². The van der Waals surface area contributed by atoms with Crippen LogP contribution in [0.3, 0.4) is 0 Å². The molecular weight excluding hydrogens is 1250 g/mol. The number of carbonyl (C=O) groups is 8. The fraction of sp³-hybridized carbons (Fsp3) is 0.339. The number of aryl methyl sites for hydroxylation is 1. The topological polar surface area (TPSA) is 377 Å². The van der Waals surface area contributed by atoms with Gasteiger partial charge < -0.3 is 52.0 Å². The standard InChI is InChI=1S/C56H58N14O12S6/c1-26(2)43(54-68-46(37(88-54)21-82-5)48(77)59-19-38(57)72)66-49(78)44-27(3)87-53(67-44)32(17-40(73)58-4)62-47(76)34-23-84-50(64-34)30-11-12-31(51-65-39(25-86-51)70(20-42(74)75)56(81)69-15-13-29(14-16-69)55(79)80)61-45(30)33-22-85-52(63-33)35-24-83-41(60-35)18-36(71)28-9-7-6-8-10-28/h6-12,22-26,29,32,36,43,71H,13-21H2,1-5H3,(H2,57,72)(H,58,73)(H,59,77)(H,62,76)(H,66,78)(H,74,75)(H,79,80)/t32-,36+,43?/m0/s1. The number of rotatable bonds is 25. The van der Waals surface area contributed by atoms with E-state index in [1.54, 1.807) is 35.2 Å². The summed E-state index contributed by atoms with van der Waals surface area (Å²) in [7, 11) is 2.90. The van der Waals surface area contributed by atoms with Gasteiger partial charge in [0.2, 0.25) is 11.8 Å². The number of piperidine rings is 1. The van der Waals surface area contributed by atoms with Gasteiger partial charge in [-0.3, -0.25) is 38.5 Å². The number of urea groups is 1. The number of primary amides is 1. The van der Waals surface area contributed by atoms with Crippen molar-refractivity contribution in [3.63, 3.8) is 0 Å². The van der Waals surface area contributed by atoms with Crippen molar-refractivity contribution >= 4 is 121 Å². The summed E-state index contributed by atoms with van der Waals surface area (Å²) in [6.45, 7) is 4.56. The Kier molecular flexibility index (Phi) is 20.9. The summed E-state index contributed by atoms with van der Waals surface area (Å²) in [4.78, 5) is 140. The monoisotopic (exact) mass is 1310 g/mol. The zero-order chi connectivity index (χ0) is 62.9. The number of aliphatic carboxylic acids is 2. The van der Waals surface area contributed by atoms with Crippen molar-refractivity contribution in [2.24, 2.45) is 17.6 Å². The molecule has 1 fully saturated rings. The summed E-state index contributed by atoms with van der Waals surface area (Å²) < 4.78 is 5.31. The number of aliphatic hydroxyl groups excluding tert-OH is 1. The van der Waals surface area contributed by atoms with Gasteiger partial charge >= 0.3 is 18.0 Å². The third-order valence-electron chi connectivity index (χ3n) is 13.7. The van der Waals surface area contributed by atoms with Crippen LogP contribution in [0.4, 0.5) is 10.6 Å². The van der Waals surface area contributed by atoms with Crippen LogP contribution in [0.5, 0.6) is 0 Å². The first kappa shape index (κ1) is 64.1.